The maximum absolute atomic E-state index is 5.49. The minimum absolute atomic E-state index is 0.635. The first-order valence-electron chi connectivity index (χ1n) is 7.00. The molecule has 0 fully saturated rings. The maximum Gasteiger partial charge on any atom is 0.161 e. The normalized spacial score (nSPS) is 10.3. The van der Waals surface area contributed by atoms with Gasteiger partial charge in [-0.1, -0.05) is 12.1 Å². The summed E-state index contributed by atoms with van der Waals surface area (Å²) in [7, 11) is 1.66. The molecule has 4 nitrogen and oxygen atoms in total. The molecule has 0 aromatic heterocycles. The van der Waals surface area contributed by atoms with E-state index < -0.39 is 0 Å². The van der Waals surface area contributed by atoms with Gasteiger partial charge in [0.2, 0.25) is 0 Å². The smallest absolute Gasteiger partial charge is 0.161 e. The van der Waals surface area contributed by atoms with Crippen molar-refractivity contribution < 1.29 is 14.2 Å². The van der Waals surface area contributed by atoms with Gasteiger partial charge in [0.25, 0.3) is 0 Å². The lowest BCUT2D eigenvalue weighted by Gasteiger charge is -2.11. The van der Waals surface area contributed by atoms with Crippen molar-refractivity contribution in [2.45, 2.75) is 19.9 Å². The third-order valence-electron chi connectivity index (χ3n) is 2.75. The molecule has 0 unspecified atom stereocenters. The summed E-state index contributed by atoms with van der Waals surface area (Å²) >= 11 is 0. The van der Waals surface area contributed by atoms with Gasteiger partial charge in [-0.2, -0.15) is 0 Å². The van der Waals surface area contributed by atoms with Crippen LogP contribution in [0.5, 0.6) is 11.5 Å². The molecule has 0 bridgehead atoms. The SMILES string of the molecule is C=CCCOCCNCc1ccc(OCC)c(OC)c1. The highest BCUT2D eigenvalue weighted by molar-refractivity contribution is 5.42. The third-order valence-corrected chi connectivity index (χ3v) is 2.75. The Morgan fingerprint density at radius 1 is 1.25 bits per heavy atom. The topological polar surface area (TPSA) is 39.7 Å². The van der Waals surface area contributed by atoms with Crippen LogP contribution in [0, 0.1) is 0 Å². The molecule has 4 heteroatoms. The minimum Gasteiger partial charge on any atom is -0.493 e. The van der Waals surface area contributed by atoms with E-state index in [1.165, 1.54) is 0 Å². The molecule has 0 aliphatic heterocycles. The quantitative estimate of drug-likeness (QED) is 0.499. The number of hydrogen-bond donors (Lipinski definition) is 1. The number of rotatable bonds is 11. The molecule has 112 valence electrons. The summed E-state index contributed by atoms with van der Waals surface area (Å²) in [4.78, 5) is 0. The lowest BCUT2D eigenvalue weighted by Crippen LogP contribution is -2.19. The van der Waals surface area contributed by atoms with Crippen molar-refractivity contribution in [1.29, 1.82) is 0 Å². The van der Waals surface area contributed by atoms with Gasteiger partial charge >= 0.3 is 0 Å². The van der Waals surface area contributed by atoms with E-state index in [0.29, 0.717) is 13.2 Å². The molecule has 1 aromatic rings. The molecule has 0 heterocycles. The molecule has 1 N–H and O–H groups in total. The predicted octanol–water partition coefficient (Wildman–Crippen LogP) is 2.78. The van der Waals surface area contributed by atoms with Crippen LogP contribution in [-0.4, -0.2) is 33.5 Å². The van der Waals surface area contributed by atoms with Crippen molar-refractivity contribution in [1.82, 2.24) is 5.32 Å². The molecule has 0 saturated carbocycles. The van der Waals surface area contributed by atoms with Crippen LogP contribution in [0.15, 0.2) is 30.9 Å². The van der Waals surface area contributed by atoms with E-state index in [-0.39, 0.29) is 0 Å². The zero-order chi connectivity index (χ0) is 14.6. The average molecular weight is 279 g/mol. The summed E-state index contributed by atoms with van der Waals surface area (Å²) in [6.07, 6.45) is 2.76. The first-order chi connectivity index (χ1) is 9.81. The molecule has 1 rings (SSSR count). The second-order valence-electron chi connectivity index (χ2n) is 4.28. The molecule has 1 aromatic carbocycles. The molecule has 0 atom stereocenters. The standard InChI is InChI=1S/C16H25NO3/c1-4-6-10-19-11-9-17-13-14-7-8-15(20-5-2)16(12-14)18-3/h4,7-8,12,17H,1,5-6,9-11,13H2,2-3H3. The van der Waals surface area contributed by atoms with Crippen LogP contribution in [-0.2, 0) is 11.3 Å². The Kier molecular flexibility index (Phi) is 8.51. The largest absolute Gasteiger partial charge is 0.493 e. The molecule has 0 radical (unpaired) electrons. The highest BCUT2D eigenvalue weighted by Gasteiger charge is 2.04. The van der Waals surface area contributed by atoms with Crippen molar-refractivity contribution in [2.24, 2.45) is 0 Å². The Morgan fingerprint density at radius 2 is 2.10 bits per heavy atom. The van der Waals surface area contributed by atoms with Gasteiger partial charge in [0, 0.05) is 13.1 Å². The minimum atomic E-state index is 0.635. The van der Waals surface area contributed by atoms with Crippen LogP contribution in [0.3, 0.4) is 0 Å². The summed E-state index contributed by atoms with van der Waals surface area (Å²) in [5, 5.41) is 3.33. The van der Waals surface area contributed by atoms with E-state index >= 15 is 0 Å². The number of ether oxygens (including phenoxy) is 3. The fourth-order valence-corrected chi connectivity index (χ4v) is 1.74. The van der Waals surface area contributed by atoms with Crippen LogP contribution >= 0.6 is 0 Å². The van der Waals surface area contributed by atoms with Crippen LogP contribution < -0.4 is 14.8 Å². The molecule has 0 amide bonds. The van der Waals surface area contributed by atoms with Crippen LogP contribution in [0.1, 0.15) is 18.9 Å². The molecule has 0 spiro atoms. The van der Waals surface area contributed by atoms with Crippen LogP contribution in [0.2, 0.25) is 0 Å². The van der Waals surface area contributed by atoms with Crippen molar-refractivity contribution in [3.63, 3.8) is 0 Å². The molecule has 20 heavy (non-hydrogen) atoms. The number of nitrogens with one attached hydrogen (secondary N) is 1. The van der Waals surface area contributed by atoms with E-state index in [4.69, 9.17) is 14.2 Å². The second-order valence-corrected chi connectivity index (χ2v) is 4.28. The van der Waals surface area contributed by atoms with Crippen LogP contribution in [0.25, 0.3) is 0 Å². The fraction of sp³-hybridized carbons (Fsp3) is 0.500. The van der Waals surface area contributed by atoms with E-state index in [1.54, 1.807) is 7.11 Å². The van der Waals surface area contributed by atoms with Gasteiger partial charge in [-0.15, -0.1) is 6.58 Å². The summed E-state index contributed by atoms with van der Waals surface area (Å²) in [6, 6.07) is 5.98. The number of benzene rings is 1. The Hall–Kier alpha value is -1.52. The fourth-order valence-electron chi connectivity index (χ4n) is 1.74. The number of hydrogen-bond acceptors (Lipinski definition) is 4. The number of methoxy groups -OCH3 is 1. The zero-order valence-corrected chi connectivity index (χ0v) is 12.5. The highest BCUT2D eigenvalue weighted by atomic mass is 16.5. The second kappa shape index (κ2) is 10.3. The van der Waals surface area contributed by atoms with Gasteiger partial charge in [-0.3, -0.25) is 0 Å². The molecular formula is C16H25NO3. The summed E-state index contributed by atoms with van der Waals surface area (Å²) < 4.78 is 16.2. The third kappa shape index (κ3) is 6.08. The highest BCUT2D eigenvalue weighted by Crippen LogP contribution is 2.27. The molecule has 0 aliphatic rings. The van der Waals surface area contributed by atoms with Gasteiger partial charge < -0.3 is 19.5 Å². The Labute approximate surface area is 121 Å². The molecule has 0 aliphatic carbocycles. The summed E-state index contributed by atoms with van der Waals surface area (Å²) in [5.74, 6) is 1.56. The van der Waals surface area contributed by atoms with Crippen molar-refractivity contribution in [3.05, 3.63) is 36.4 Å². The van der Waals surface area contributed by atoms with Gasteiger partial charge in [0.1, 0.15) is 0 Å². The maximum atomic E-state index is 5.49. The van der Waals surface area contributed by atoms with E-state index in [0.717, 1.165) is 43.2 Å². The first kappa shape index (κ1) is 16.5. The molecular weight excluding hydrogens is 254 g/mol. The lowest BCUT2D eigenvalue weighted by atomic mass is 10.2. The van der Waals surface area contributed by atoms with E-state index in [1.807, 2.05) is 31.2 Å². The molecule has 0 saturated heterocycles. The van der Waals surface area contributed by atoms with Crippen molar-refractivity contribution >= 4 is 0 Å². The summed E-state index contributed by atoms with van der Waals surface area (Å²) in [5.41, 5.74) is 1.16. The Bertz CT molecular complexity index is 393. The van der Waals surface area contributed by atoms with Crippen molar-refractivity contribution in [2.75, 3.05) is 33.5 Å². The zero-order valence-electron chi connectivity index (χ0n) is 12.5. The lowest BCUT2D eigenvalue weighted by molar-refractivity contribution is 0.140. The van der Waals surface area contributed by atoms with Gasteiger partial charge in [-0.05, 0) is 31.0 Å². The Morgan fingerprint density at radius 3 is 2.80 bits per heavy atom. The first-order valence-corrected chi connectivity index (χ1v) is 7.00. The Balaban J connectivity index is 2.31. The van der Waals surface area contributed by atoms with Gasteiger partial charge in [0.05, 0.1) is 26.9 Å². The van der Waals surface area contributed by atoms with Gasteiger partial charge in [0.15, 0.2) is 11.5 Å². The van der Waals surface area contributed by atoms with E-state index in [9.17, 15) is 0 Å². The van der Waals surface area contributed by atoms with E-state index in [2.05, 4.69) is 11.9 Å². The summed E-state index contributed by atoms with van der Waals surface area (Å²) in [6.45, 7) is 9.31. The van der Waals surface area contributed by atoms with Gasteiger partial charge in [-0.25, -0.2) is 0 Å². The average Bonchev–Trinajstić information content (AvgIpc) is 2.48. The predicted molar refractivity (Wildman–Crippen MR) is 81.5 cm³/mol. The monoisotopic (exact) mass is 279 g/mol. The van der Waals surface area contributed by atoms with Crippen molar-refractivity contribution in [3.8, 4) is 11.5 Å². The van der Waals surface area contributed by atoms with Crippen LogP contribution in [0.4, 0.5) is 0 Å².